The second-order valence-corrected chi connectivity index (χ2v) is 9.09. The third-order valence-corrected chi connectivity index (χ3v) is 6.67. The van der Waals surface area contributed by atoms with Gasteiger partial charge in [-0.25, -0.2) is 4.79 Å². The first-order valence-corrected chi connectivity index (χ1v) is 11.2. The largest absolute Gasteiger partial charge is 0.512 e. The second-order valence-electron chi connectivity index (χ2n) is 9.09. The van der Waals surface area contributed by atoms with Crippen molar-refractivity contribution in [2.75, 3.05) is 0 Å². The lowest BCUT2D eigenvalue weighted by atomic mass is 9.66. The van der Waals surface area contributed by atoms with E-state index in [0.717, 1.165) is 31.4 Å². The molecular weight excluding hydrogens is 374 g/mol. The second kappa shape index (κ2) is 9.11. The number of carbonyl (C=O) groups excluding carboxylic acids is 1. The molecule has 0 saturated heterocycles. The quantitative estimate of drug-likeness (QED) is 0.536. The van der Waals surface area contributed by atoms with Crippen molar-refractivity contribution in [3.8, 4) is 0 Å². The van der Waals surface area contributed by atoms with Crippen LogP contribution < -0.4 is 5.73 Å². The summed E-state index contributed by atoms with van der Waals surface area (Å²) in [4.78, 5) is 13.3. The fraction of sp³-hybridized carbons (Fsp3) is 0.500. The summed E-state index contributed by atoms with van der Waals surface area (Å²) in [6, 6.07) is 10.2. The summed E-state index contributed by atoms with van der Waals surface area (Å²) in [6.07, 6.45) is 10.9. The monoisotopic (exact) mass is 409 g/mol. The number of aliphatic hydroxyl groups excluding tert-OH is 1. The molecule has 0 spiro atoms. The number of aliphatic hydroxyl groups is 1. The van der Waals surface area contributed by atoms with E-state index >= 15 is 0 Å². The van der Waals surface area contributed by atoms with Crippen molar-refractivity contribution in [2.24, 2.45) is 17.1 Å². The molecule has 0 radical (unpaired) electrons. The minimum atomic E-state index is -0.643. The first kappa shape index (κ1) is 22.2. The van der Waals surface area contributed by atoms with Crippen LogP contribution in [0.15, 0.2) is 65.6 Å². The van der Waals surface area contributed by atoms with Gasteiger partial charge >= 0.3 is 5.97 Å². The molecule has 0 amide bonds. The van der Waals surface area contributed by atoms with Crippen LogP contribution in [0.4, 0.5) is 0 Å². The predicted molar refractivity (Wildman–Crippen MR) is 121 cm³/mol. The zero-order valence-electron chi connectivity index (χ0n) is 18.5. The van der Waals surface area contributed by atoms with E-state index in [1.807, 2.05) is 30.4 Å². The minimum absolute atomic E-state index is 0.137. The van der Waals surface area contributed by atoms with Gasteiger partial charge < -0.3 is 15.6 Å². The fourth-order valence-corrected chi connectivity index (χ4v) is 5.21. The molecule has 0 saturated carbocycles. The Kier molecular flexibility index (Phi) is 6.74. The van der Waals surface area contributed by atoms with Gasteiger partial charge in [0.25, 0.3) is 0 Å². The van der Waals surface area contributed by atoms with Crippen molar-refractivity contribution in [2.45, 2.75) is 71.3 Å². The van der Waals surface area contributed by atoms with Gasteiger partial charge in [-0.15, -0.1) is 0 Å². The summed E-state index contributed by atoms with van der Waals surface area (Å²) in [5.74, 6) is -0.306. The van der Waals surface area contributed by atoms with Crippen molar-refractivity contribution in [1.29, 1.82) is 0 Å². The standard InChI is InChI=1S/C26H35NO3/c1-4-14-26(16-13-19-10-7-6-8-11-19)18-22(28)23(24(29)30-26)21(5-2)25(3)15-9-12-20(27)17-25/h6-12,15,21,28H,4-5,13-14,16-18,27H2,1-3H3/t21-,25?,26+/m1/s1. The Hall–Kier alpha value is -2.49. The highest BCUT2D eigenvalue weighted by Crippen LogP contribution is 2.47. The van der Waals surface area contributed by atoms with E-state index in [1.165, 1.54) is 5.56 Å². The summed E-state index contributed by atoms with van der Waals surface area (Å²) < 4.78 is 6.14. The maximum atomic E-state index is 13.3. The number of esters is 1. The number of hydrogen-bond donors (Lipinski definition) is 2. The van der Waals surface area contributed by atoms with Crippen LogP contribution in [0.2, 0.25) is 0 Å². The van der Waals surface area contributed by atoms with Crippen molar-refractivity contribution >= 4 is 5.97 Å². The first-order chi connectivity index (χ1) is 14.3. The molecule has 1 aromatic rings. The third kappa shape index (κ3) is 4.63. The molecule has 1 aromatic carbocycles. The van der Waals surface area contributed by atoms with E-state index in [9.17, 15) is 9.90 Å². The number of hydrogen-bond acceptors (Lipinski definition) is 4. The van der Waals surface area contributed by atoms with Gasteiger partial charge in [-0.2, -0.15) is 0 Å². The van der Waals surface area contributed by atoms with Gasteiger partial charge in [0.1, 0.15) is 11.4 Å². The Labute approximate surface area is 180 Å². The minimum Gasteiger partial charge on any atom is -0.512 e. The number of benzene rings is 1. The average Bonchev–Trinajstić information content (AvgIpc) is 2.70. The number of nitrogens with two attached hydrogens (primary N) is 1. The van der Waals surface area contributed by atoms with Gasteiger partial charge in [0.05, 0.1) is 5.57 Å². The molecule has 4 heteroatoms. The summed E-state index contributed by atoms with van der Waals surface area (Å²) >= 11 is 0. The predicted octanol–water partition coefficient (Wildman–Crippen LogP) is 5.75. The van der Waals surface area contributed by atoms with Crippen LogP contribution in [-0.4, -0.2) is 16.7 Å². The third-order valence-electron chi connectivity index (χ3n) is 6.67. The Morgan fingerprint density at radius 1 is 1.17 bits per heavy atom. The Balaban J connectivity index is 1.87. The van der Waals surface area contributed by atoms with Crippen LogP contribution in [-0.2, 0) is 16.0 Å². The lowest BCUT2D eigenvalue weighted by molar-refractivity contribution is -0.162. The topological polar surface area (TPSA) is 72.5 Å². The smallest absolute Gasteiger partial charge is 0.338 e. The van der Waals surface area contributed by atoms with Crippen molar-refractivity contribution in [1.82, 2.24) is 0 Å². The van der Waals surface area contributed by atoms with Crippen LogP contribution in [0, 0.1) is 11.3 Å². The SMILES string of the molecule is CCC[C@]1(CCc2ccccc2)CC(O)=C([C@@H](CC)C2(C)C=CC=C(N)C2)C(=O)O1. The van der Waals surface area contributed by atoms with Crippen LogP contribution in [0.25, 0.3) is 0 Å². The van der Waals surface area contributed by atoms with Crippen LogP contribution in [0.3, 0.4) is 0 Å². The lowest BCUT2D eigenvalue weighted by Gasteiger charge is -2.42. The van der Waals surface area contributed by atoms with Gasteiger partial charge in [0.2, 0.25) is 0 Å². The molecule has 2 aliphatic rings. The van der Waals surface area contributed by atoms with Gasteiger partial charge in [-0.3, -0.25) is 0 Å². The van der Waals surface area contributed by atoms with Gasteiger partial charge in [0, 0.05) is 18.0 Å². The normalized spacial score (nSPS) is 27.6. The van der Waals surface area contributed by atoms with E-state index in [4.69, 9.17) is 10.5 Å². The number of rotatable bonds is 8. The maximum Gasteiger partial charge on any atom is 0.338 e. The van der Waals surface area contributed by atoms with Crippen molar-refractivity contribution in [3.05, 3.63) is 71.2 Å². The number of carbonyl (C=O) groups is 1. The first-order valence-electron chi connectivity index (χ1n) is 11.2. The summed E-state index contributed by atoms with van der Waals surface area (Å²) in [6.45, 7) is 6.25. The summed E-state index contributed by atoms with van der Waals surface area (Å²) in [5.41, 5.74) is 7.58. The molecule has 0 fully saturated rings. The van der Waals surface area contributed by atoms with E-state index < -0.39 is 5.60 Å². The van der Waals surface area contributed by atoms with Gasteiger partial charge in [0.15, 0.2) is 0 Å². The van der Waals surface area contributed by atoms with E-state index in [0.29, 0.717) is 24.8 Å². The van der Waals surface area contributed by atoms with Crippen molar-refractivity contribution < 1.29 is 14.6 Å². The molecule has 1 aliphatic carbocycles. The molecule has 162 valence electrons. The number of ether oxygens (including phenoxy) is 1. The fourth-order valence-electron chi connectivity index (χ4n) is 5.21. The summed E-state index contributed by atoms with van der Waals surface area (Å²) in [5, 5.41) is 11.1. The summed E-state index contributed by atoms with van der Waals surface area (Å²) in [7, 11) is 0. The molecule has 1 aliphatic heterocycles. The van der Waals surface area contributed by atoms with Crippen LogP contribution in [0.1, 0.15) is 64.9 Å². The molecule has 30 heavy (non-hydrogen) atoms. The van der Waals surface area contributed by atoms with Crippen LogP contribution in [0.5, 0.6) is 0 Å². The van der Waals surface area contributed by atoms with Gasteiger partial charge in [-0.05, 0) is 49.2 Å². The van der Waals surface area contributed by atoms with E-state index in [-0.39, 0.29) is 23.1 Å². The highest BCUT2D eigenvalue weighted by molar-refractivity contribution is 5.91. The van der Waals surface area contributed by atoms with Crippen molar-refractivity contribution in [3.63, 3.8) is 0 Å². The molecule has 3 atom stereocenters. The molecule has 1 heterocycles. The number of aryl methyl sites for hydroxylation is 1. The molecule has 3 N–H and O–H groups in total. The molecule has 3 rings (SSSR count). The zero-order chi connectivity index (χ0) is 21.8. The zero-order valence-corrected chi connectivity index (χ0v) is 18.5. The van der Waals surface area contributed by atoms with Gasteiger partial charge in [-0.1, -0.05) is 69.7 Å². The molecule has 0 bridgehead atoms. The number of cyclic esters (lactones) is 1. The Bertz CT molecular complexity index is 854. The Morgan fingerprint density at radius 3 is 2.50 bits per heavy atom. The lowest BCUT2D eigenvalue weighted by Crippen LogP contribution is -2.44. The van der Waals surface area contributed by atoms with E-state index in [2.05, 4.69) is 39.0 Å². The average molecular weight is 410 g/mol. The van der Waals surface area contributed by atoms with E-state index in [1.54, 1.807) is 0 Å². The molecular formula is C26H35NO3. The molecule has 0 aromatic heterocycles. The molecule has 1 unspecified atom stereocenters. The van der Waals surface area contributed by atoms with Crippen LogP contribution >= 0.6 is 0 Å². The highest BCUT2D eigenvalue weighted by Gasteiger charge is 2.46. The highest BCUT2D eigenvalue weighted by atomic mass is 16.6. The Morgan fingerprint density at radius 2 is 1.90 bits per heavy atom. The molecule has 4 nitrogen and oxygen atoms in total. The maximum absolute atomic E-state index is 13.3. The number of allylic oxidation sites excluding steroid dienone is 4.